The molecule has 0 spiro atoms. The maximum atomic E-state index is 12.4. The smallest absolute Gasteiger partial charge is 0.256 e. The molecule has 0 aromatic heterocycles. The predicted octanol–water partition coefficient (Wildman–Crippen LogP) is 3.71. The van der Waals surface area contributed by atoms with Gasteiger partial charge in [-0.15, -0.1) is 0 Å². The number of carbonyl (C=O) groups excluding carboxylic acids is 2. The molecule has 0 bridgehead atoms. The Labute approximate surface area is 144 Å². The fraction of sp³-hybridized carbons (Fsp3) is 0.0667. The molecule has 2 amide bonds. The number of hydrogen-bond acceptors (Lipinski definition) is 2. The van der Waals surface area contributed by atoms with Gasteiger partial charge in [0.2, 0.25) is 5.91 Å². The van der Waals surface area contributed by atoms with Gasteiger partial charge in [0.15, 0.2) is 0 Å². The minimum absolute atomic E-state index is 0.245. The normalized spacial score (nSPS) is 10.2. The maximum Gasteiger partial charge on any atom is 0.256 e. The molecule has 21 heavy (non-hydrogen) atoms. The molecule has 0 atom stereocenters. The lowest BCUT2D eigenvalue weighted by molar-refractivity contribution is 0.0995. The molecule has 0 saturated heterocycles. The van der Waals surface area contributed by atoms with Gasteiger partial charge in [0.25, 0.3) is 5.91 Å². The summed E-state index contributed by atoms with van der Waals surface area (Å²) in [6, 6.07) is 10.6. The average Bonchev–Trinajstić information content (AvgIpc) is 2.43. The van der Waals surface area contributed by atoms with E-state index in [1.54, 1.807) is 31.2 Å². The Hall–Kier alpha value is -1.41. The molecule has 4 nitrogen and oxygen atoms in total. The molecule has 0 aliphatic rings. The predicted molar refractivity (Wildman–Crippen MR) is 94.5 cm³/mol. The number of nitrogens with two attached hydrogens (primary N) is 1. The number of rotatable bonds is 3. The van der Waals surface area contributed by atoms with Crippen LogP contribution in [0.4, 0.5) is 5.69 Å². The fourth-order valence-electron chi connectivity index (χ4n) is 1.90. The third-order valence-corrected chi connectivity index (χ3v) is 4.38. The van der Waals surface area contributed by atoms with E-state index in [-0.39, 0.29) is 5.91 Å². The van der Waals surface area contributed by atoms with Gasteiger partial charge in [-0.05, 0) is 81.3 Å². The van der Waals surface area contributed by atoms with Crippen molar-refractivity contribution >= 4 is 56.0 Å². The summed E-state index contributed by atoms with van der Waals surface area (Å²) < 4.78 is 1.67. The summed E-state index contributed by atoms with van der Waals surface area (Å²) in [5.41, 5.74) is 7.46. The Kier molecular flexibility index (Phi) is 5.00. The lowest BCUT2D eigenvalue weighted by Gasteiger charge is -2.12. The van der Waals surface area contributed by atoms with Crippen LogP contribution >= 0.6 is 38.5 Å². The second-order valence-corrected chi connectivity index (χ2v) is 6.52. The number of primary amides is 1. The second-order valence-electron chi connectivity index (χ2n) is 4.42. The number of nitrogens with one attached hydrogen (secondary N) is 1. The van der Waals surface area contributed by atoms with Crippen molar-refractivity contribution in [2.45, 2.75) is 6.92 Å². The third kappa shape index (κ3) is 3.62. The van der Waals surface area contributed by atoms with E-state index in [4.69, 9.17) is 5.73 Å². The van der Waals surface area contributed by atoms with Gasteiger partial charge in [-0.1, -0.05) is 6.07 Å². The molecule has 0 radical (unpaired) electrons. The van der Waals surface area contributed by atoms with E-state index in [0.717, 1.165) is 3.57 Å². The minimum Gasteiger partial charge on any atom is -0.366 e. The van der Waals surface area contributed by atoms with E-state index in [9.17, 15) is 9.59 Å². The molecular formula is C15H12BrIN2O2. The van der Waals surface area contributed by atoms with Crippen molar-refractivity contribution in [3.63, 3.8) is 0 Å². The van der Waals surface area contributed by atoms with Gasteiger partial charge in [0.1, 0.15) is 0 Å². The SMILES string of the molecule is Cc1c(NC(=O)c2cc(I)ccc2Br)cccc1C(N)=O. The molecule has 2 aromatic carbocycles. The van der Waals surface area contributed by atoms with E-state index in [1.807, 2.05) is 12.1 Å². The van der Waals surface area contributed by atoms with Crippen molar-refractivity contribution in [3.05, 3.63) is 61.1 Å². The molecule has 0 fully saturated rings. The summed E-state index contributed by atoms with van der Waals surface area (Å²) in [6.45, 7) is 1.75. The van der Waals surface area contributed by atoms with Crippen molar-refractivity contribution in [1.29, 1.82) is 0 Å². The van der Waals surface area contributed by atoms with Crippen molar-refractivity contribution in [2.24, 2.45) is 5.73 Å². The zero-order valence-corrected chi connectivity index (χ0v) is 14.9. The van der Waals surface area contributed by atoms with Crippen LogP contribution in [0.3, 0.4) is 0 Å². The first-order valence-electron chi connectivity index (χ1n) is 6.06. The molecule has 2 aromatic rings. The molecule has 6 heteroatoms. The Bertz CT molecular complexity index is 732. The van der Waals surface area contributed by atoms with Crippen molar-refractivity contribution in [3.8, 4) is 0 Å². The second kappa shape index (κ2) is 6.57. The molecule has 0 saturated carbocycles. The van der Waals surface area contributed by atoms with E-state index >= 15 is 0 Å². The van der Waals surface area contributed by atoms with Crippen LogP contribution in [-0.2, 0) is 0 Å². The first kappa shape index (κ1) is 16.0. The van der Waals surface area contributed by atoms with Gasteiger partial charge in [0.05, 0.1) is 5.56 Å². The number of anilines is 1. The largest absolute Gasteiger partial charge is 0.366 e. The summed E-state index contributed by atoms with van der Waals surface area (Å²) >= 11 is 5.51. The van der Waals surface area contributed by atoms with Crippen molar-refractivity contribution < 1.29 is 9.59 Å². The van der Waals surface area contributed by atoms with E-state index < -0.39 is 5.91 Å². The number of halogens is 2. The maximum absolute atomic E-state index is 12.4. The molecule has 0 heterocycles. The number of amides is 2. The number of benzene rings is 2. The highest BCUT2D eigenvalue weighted by Gasteiger charge is 2.14. The third-order valence-electron chi connectivity index (χ3n) is 3.02. The highest BCUT2D eigenvalue weighted by atomic mass is 127. The van der Waals surface area contributed by atoms with Crippen LogP contribution in [0, 0.1) is 10.5 Å². The van der Waals surface area contributed by atoms with Crippen LogP contribution < -0.4 is 11.1 Å². The van der Waals surface area contributed by atoms with E-state index in [1.165, 1.54) is 0 Å². The summed E-state index contributed by atoms with van der Waals surface area (Å²) in [4.78, 5) is 23.7. The van der Waals surface area contributed by atoms with Crippen molar-refractivity contribution in [1.82, 2.24) is 0 Å². The number of carbonyl (C=O) groups is 2. The first-order chi connectivity index (χ1) is 9.90. The van der Waals surface area contributed by atoms with Crippen LogP contribution in [0.2, 0.25) is 0 Å². The van der Waals surface area contributed by atoms with Crippen LogP contribution in [0.1, 0.15) is 26.3 Å². The van der Waals surface area contributed by atoms with Crippen LogP contribution in [-0.4, -0.2) is 11.8 Å². The van der Waals surface area contributed by atoms with E-state index in [0.29, 0.717) is 26.9 Å². The fourth-order valence-corrected chi connectivity index (χ4v) is 2.82. The van der Waals surface area contributed by atoms with E-state index in [2.05, 4.69) is 43.8 Å². The Morgan fingerprint density at radius 3 is 2.57 bits per heavy atom. The topological polar surface area (TPSA) is 72.2 Å². The summed E-state index contributed by atoms with van der Waals surface area (Å²) in [5.74, 6) is -0.760. The number of hydrogen-bond donors (Lipinski definition) is 2. The Balaban J connectivity index is 2.34. The van der Waals surface area contributed by atoms with Crippen LogP contribution in [0.15, 0.2) is 40.9 Å². The molecule has 0 aliphatic carbocycles. The Morgan fingerprint density at radius 1 is 1.19 bits per heavy atom. The zero-order chi connectivity index (χ0) is 15.6. The lowest BCUT2D eigenvalue weighted by Crippen LogP contribution is -2.17. The van der Waals surface area contributed by atoms with Gasteiger partial charge >= 0.3 is 0 Å². The molecule has 2 rings (SSSR count). The summed E-state index contributed by atoms with van der Waals surface area (Å²) in [6.07, 6.45) is 0. The summed E-state index contributed by atoms with van der Waals surface area (Å²) in [5, 5.41) is 2.81. The van der Waals surface area contributed by atoms with Gasteiger partial charge in [-0.3, -0.25) is 9.59 Å². The zero-order valence-electron chi connectivity index (χ0n) is 11.1. The standard InChI is InChI=1S/C15H12BrIN2O2/c1-8-10(14(18)20)3-2-4-13(8)19-15(21)11-7-9(17)5-6-12(11)16/h2-7H,1H3,(H2,18,20)(H,19,21). The van der Waals surface area contributed by atoms with Crippen LogP contribution in [0.5, 0.6) is 0 Å². The van der Waals surface area contributed by atoms with Gasteiger partial charge in [0, 0.05) is 19.3 Å². The molecular weight excluding hydrogens is 447 g/mol. The molecule has 0 aliphatic heterocycles. The average molecular weight is 459 g/mol. The molecule has 3 N–H and O–H groups in total. The van der Waals surface area contributed by atoms with Crippen LogP contribution in [0.25, 0.3) is 0 Å². The van der Waals surface area contributed by atoms with Gasteiger partial charge in [-0.2, -0.15) is 0 Å². The molecule has 0 unspecified atom stereocenters. The molecule has 108 valence electrons. The highest BCUT2D eigenvalue weighted by Crippen LogP contribution is 2.23. The summed E-state index contributed by atoms with van der Waals surface area (Å²) in [7, 11) is 0. The van der Waals surface area contributed by atoms with Crippen molar-refractivity contribution in [2.75, 3.05) is 5.32 Å². The minimum atomic E-state index is -0.515. The highest BCUT2D eigenvalue weighted by molar-refractivity contribution is 14.1. The van der Waals surface area contributed by atoms with Gasteiger partial charge in [-0.25, -0.2) is 0 Å². The lowest BCUT2D eigenvalue weighted by atomic mass is 10.1. The van der Waals surface area contributed by atoms with Gasteiger partial charge < -0.3 is 11.1 Å². The first-order valence-corrected chi connectivity index (χ1v) is 7.93. The Morgan fingerprint density at radius 2 is 1.90 bits per heavy atom. The monoisotopic (exact) mass is 458 g/mol. The quantitative estimate of drug-likeness (QED) is 0.688.